The molecule has 1 aliphatic heterocycles. The summed E-state index contributed by atoms with van der Waals surface area (Å²) in [5, 5.41) is 15.4. The Kier molecular flexibility index (Phi) is 10.7. The van der Waals surface area contributed by atoms with Gasteiger partial charge in [-0.25, -0.2) is 4.99 Å². The van der Waals surface area contributed by atoms with Crippen molar-refractivity contribution in [1.82, 2.24) is 25.4 Å². The fourth-order valence-electron chi connectivity index (χ4n) is 3.50. The van der Waals surface area contributed by atoms with E-state index in [1.54, 1.807) is 7.11 Å². The third-order valence-electron chi connectivity index (χ3n) is 5.33. The van der Waals surface area contributed by atoms with E-state index in [9.17, 15) is 0 Å². The van der Waals surface area contributed by atoms with Gasteiger partial charge in [-0.15, -0.1) is 34.2 Å². The molecule has 0 saturated carbocycles. The molecule has 2 aromatic rings. The lowest BCUT2D eigenvalue weighted by Crippen LogP contribution is -2.45. The van der Waals surface area contributed by atoms with Crippen LogP contribution < -0.4 is 20.3 Å². The van der Waals surface area contributed by atoms with Gasteiger partial charge in [-0.05, 0) is 43.9 Å². The van der Waals surface area contributed by atoms with Crippen molar-refractivity contribution in [2.75, 3.05) is 43.7 Å². The van der Waals surface area contributed by atoms with Crippen LogP contribution in [0, 0.1) is 6.92 Å². The molecule has 2 heterocycles. The third-order valence-corrected chi connectivity index (χ3v) is 6.03. The number of hydrogen-bond donors (Lipinski definition) is 2. The number of aromatic nitrogens is 3. The van der Waals surface area contributed by atoms with Crippen LogP contribution in [0.15, 0.2) is 29.3 Å². The number of thioether (sulfide) groups is 1. The Hall–Kier alpha value is -1.69. The molecular formula is C21H34IN7OS. The highest BCUT2D eigenvalue weighted by Crippen LogP contribution is 2.30. The zero-order valence-electron chi connectivity index (χ0n) is 18.8. The average molecular weight is 560 g/mol. The highest BCUT2D eigenvalue weighted by atomic mass is 127. The van der Waals surface area contributed by atoms with Crippen LogP contribution in [-0.2, 0) is 13.6 Å². The van der Waals surface area contributed by atoms with Crippen molar-refractivity contribution in [3.8, 4) is 5.75 Å². The lowest BCUT2D eigenvalue weighted by Gasteiger charge is -2.22. The van der Waals surface area contributed by atoms with Gasteiger partial charge >= 0.3 is 0 Å². The van der Waals surface area contributed by atoms with E-state index in [-0.39, 0.29) is 24.0 Å². The Labute approximate surface area is 206 Å². The second-order valence-corrected chi connectivity index (χ2v) is 8.39. The first-order valence-corrected chi connectivity index (χ1v) is 11.8. The summed E-state index contributed by atoms with van der Waals surface area (Å²) >= 11 is 1.86. The van der Waals surface area contributed by atoms with Crippen molar-refractivity contribution in [2.24, 2.45) is 12.0 Å². The summed E-state index contributed by atoms with van der Waals surface area (Å²) in [4.78, 5) is 7.15. The number of para-hydroxylation sites is 2. The molecular weight excluding hydrogens is 525 g/mol. The monoisotopic (exact) mass is 559 g/mol. The van der Waals surface area contributed by atoms with Crippen LogP contribution in [0.1, 0.15) is 24.5 Å². The molecule has 0 bridgehead atoms. The molecule has 0 spiro atoms. The molecule has 0 aliphatic carbocycles. The van der Waals surface area contributed by atoms with Crippen molar-refractivity contribution in [3.05, 3.63) is 35.9 Å². The molecule has 1 fully saturated rings. The molecule has 1 atom stereocenters. The van der Waals surface area contributed by atoms with Crippen molar-refractivity contribution >= 4 is 47.4 Å². The van der Waals surface area contributed by atoms with Crippen LogP contribution in [0.5, 0.6) is 5.75 Å². The van der Waals surface area contributed by atoms with E-state index in [4.69, 9.17) is 9.73 Å². The van der Waals surface area contributed by atoms with Gasteiger partial charge in [-0.2, -0.15) is 11.8 Å². The number of hydrogen-bond acceptors (Lipinski definition) is 6. The van der Waals surface area contributed by atoms with Crippen molar-refractivity contribution in [3.63, 3.8) is 0 Å². The molecule has 172 valence electrons. The van der Waals surface area contributed by atoms with Gasteiger partial charge in [0.1, 0.15) is 18.1 Å². The number of halogens is 1. The Morgan fingerprint density at radius 2 is 2.13 bits per heavy atom. The highest BCUT2D eigenvalue weighted by Gasteiger charge is 2.25. The quantitative estimate of drug-likeness (QED) is 0.212. The van der Waals surface area contributed by atoms with Crippen LogP contribution in [0.25, 0.3) is 0 Å². The zero-order chi connectivity index (χ0) is 21.3. The van der Waals surface area contributed by atoms with Gasteiger partial charge < -0.3 is 24.8 Å². The number of anilines is 1. The van der Waals surface area contributed by atoms with Crippen molar-refractivity contribution in [1.29, 1.82) is 0 Å². The number of guanidine groups is 1. The fraction of sp³-hybridized carbons (Fsp3) is 0.571. The summed E-state index contributed by atoms with van der Waals surface area (Å²) in [6.45, 7) is 5.24. The molecule has 0 radical (unpaired) electrons. The average Bonchev–Trinajstić information content (AvgIpc) is 3.36. The molecule has 3 rings (SSSR count). The molecule has 31 heavy (non-hydrogen) atoms. The lowest BCUT2D eigenvalue weighted by atomic mass is 10.2. The molecule has 1 aliphatic rings. The van der Waals surface area contributed by atoms with E-state index in [0.29, 0.717) is 12.6 Å². The lowest BCUT2D eigenvalue weighted by molar-refractivity contribution is 0.415. The van der Waals surface area contributed by atoms with Gasteiger partial charge in [0.05, 0.1) is 12.8 Å². The second kappa shape index (κ2) is 13.0. The van der Waals surface area contributed by atoms with Crippen LogP contribution in [0.2, 0.25) is 0 Å². The van der Waals surface area contributed by atoms with Crippen LogP contribution in [0.4, 0.5) is 5.69 Å². The molecule has 0 amide bonds. The van der Waals surface area contributed by atoms with Gasteiger partial charge in [0, 0.05) is 32.7 Å². The highest BCUT2D eigenvalue weighted by molar-refractivity contribution is 14.0. The minimum absolute atomic E-state index is 0. The molecule has 1 aromatic heterocycles. The Morgan fingerprint density at radius 3 is 2.84 bits per heavy atom. The van der Waals surface area contributed by atoms with Gasteiger partial charge in [0.2, 0.25) is 0 Å². The summed E-state index contributed by atoms with van der Waals surface area (Å²) in [6.07, 6.45) is 4.28. The topological polar surface area (TPSA) is 79.6 Å². The van der Waals surface area contributed by atoms with E-state index in [1.807, 2.05) is 42.4 Å². The predicted octanol–water partition coefficient (Wildman–Crippen LogP) is 2.82. The standard InChI is InChI=1S/C21H33N7OS.HI/c1-16-25-26-20(27(16)2)14-23-21(22-11-7-13-30-4)24-17-10-12-28(15-17)18-8-5-6-9-19(18)29-3;/h5-6,8-9,17H,7,10-15H2,1-4H3,(H2,22,23,24);1H. The number of nitrogens with zero attached hydrogens (tertiary/aromatic N) is 5. The number of benzene rings is 1. The SMILES string of the molecule is COc1ccccc1N1CCC(NC(=NCc2nnc(C)n2C)NCCCSC)C1.I. The molecule has 1 unspecified atom stereocenters. The Morgan fingerprint density at radius 1 is 1.32 bits per heavy atom. The van der Waals surface area contributed by atoms with Crippen LogP contribution in [0.3, 0.4) is 0 Å². The van der Waals surface area contributed by atoms with Crippen LogP contribution in [-0.4, -0.2) is 65.5 Å². The second-order valence-electron chi connectivity index (χ2n) is 7.41. The van der Waals surface area contributed by atoms with E-state index >= 15 is 0 Å². The van der Waals surface area contributed by atoms with E-state index in [1.165, 1.54) is 0 Å². The third kappa shape index (κ3) is 7.16. The van der Waals surface area contributed by atoms with Crippen LogP contribution >= 0.6 is 35.7 Å². The number of methoxy groups -OCH3 is 1. The number of nitrogens with one attached hydrogen (secondary N) is 2. The first-order chi connectivity index (χ1) is 14.6. The minimum atomic E-state index is 0. The van der Waals surface area contributed by atoms with Crippen molar-refractivity contribution < 1.29 is 4.74 Å². The summed E-state index contributed by atoms with van der Waals surface area (Å²) in [7, 11) is 3.70. The molecule has 1 aromatic carbocycles. The van der Waals surface area contributed by atoms with Gasteiger partial charge in [-0.1, -0.05) is 12.1 Å². The summed E-state index contributed by atoms with van der Waals surface area (Å²) in [6, 6.07) is 8.52. The fourth-order valence-corrected chi connectivity index (χ4v) is 3.93. The van der Waals surface area contributed by atoms with E-state index < -0.39 is 0 Å². The largest absolute Gasteiger partial charge is 0.495 e. The van der Waals surface area contributed by atoms with E-state index in [2.05, 4.69) is 44.1 Å². The maximum absolute atomic E-state index is 5.54. The maximum atomic E-state index is 5.54. The summed E-state index contributed by atoms with van der Waals surface area (Å²) < 4.78 is 7.52. The van der Waals surface area contributed by atoms with E-state index in [0.717, 1.165) is 67.3 Å². The first-order valence-electron chi connectivity index (χ1n) is 10.4. The Balaban J connectivity index is 0.00000341. The first kappa shape index (κ1) is 25.6. The van der Waals surface area contributed by atoms with Gasteiger partial charge in [0.15, 0.2) is 11.8 Å². The van der Waals surface area contributed by atoms with Crippen molar-refractivity contribution in [2.45, 2.75) is 32.4 Å². The number of aryl methyl sites for hydroxylation is 1. The molecule has 10 heteroatoms. The Bertz CT molecular complexity index is 845. The number of ether oxygens (including phenoxy) is 1. The molecule has 8 nitrogen and oxygen atoms in total. The maximum Gasteiger partial charge on any atom is 0.191 e. The smallest absolute Gasteiger partial charge is 0.191 e. The number of aliphatic imine (C=N–C) groups is 1. The van der Waals surface area contributed by atoms with Gasteiger partial charge in [-0.3, -0.25) is 0 Å². The minimum Gasteiger partial charge on any atom is -0.495 e. The summed E-state index contributed by atoms with van der Waals surface area (Å²) in [5.41, 5.74) is 1.14. The normalized spacial score (nSPS) is 16.2. The number of rotatable bonds is 9. The zero-order valence-corrected chi connectivity index (χ0v) is 21.9. The molecule has 2 N–H and O–H groups in total. The van der Waals surface area contributed by atoms with Gasteiger partial charge in [0.25, 0.3) is 0 Å². The summed E-state index contributed by atoms with van der Waals surface area (Å²) in [5.74, 6) is 4.64. The molecule has 1 saturated heterocycles. The predicted molar refractivity (Wildman–Crippen MR) is 140 cm³/mol.